The van der Waals surface area contributed by atoms with Crippen LogP contribution in [0, 0.1) is 0 Å². The zero-order valence-electron chi connectivity index (χ0n) is 8.87. The number of hydrogen-bond donors (Lipinski definition) is 1. The van der Waals surface area contributed by atoms with Crippen LogP contribution in [0.3, 0.4) is 0 Å². The van der Waals surface area contributed by atoms with Crippen molar-refractivity contribution in [2.45, 2.75) is 44.7 Å². The van der Waals surface area contributed by atoms with Crippen LogP contribution in [0.25, 0.3) is 0 Å². The summed E-state index contributed by atoms with van der Waals surface area (Å²) in [7, 11) is 0. The van der Waals surface area contributed by atoms with Crippen molar-refractivity contribution in [3.8, 4) is 0 Å². The molecule has 0 saturated carbocycles. The van der Waals surface area contributed by atoms with E-state index in [-0.39, 0.29) is 0 Å². The van der Waals surface area contributed by atoms with E-state index in [1.807, 2.05) is 0 Å². The van der Waals surface area contributed by atoms with Gasteiger partial charge >= 0.3 is 0 Å². The topological polar surface area (TPSA) is 12.0 Å². The van der Waals surface area contributed by atoms with Crippen molar-refractivity contribution in [2.24, 2.45) is 0 Å². The van der Waals surface area contributed by atoms with Gasteiger partial charge in [-0.05, 0) is 24.8 Å². The molecule has 0 aromatic heterocycles. The molecule has 2 rings (SSSR count). The fraction of sp³-hybridized carbons (Fsp3) is 0.538. The fourth-order valence-corrected chi connectivity index (χ4v) is 2.29. The van der Waals surface area contributed by atoms with E-state index in [0.29, 0.717) is 6.04 Å². The predicted octanol–water partition coefficient (Wildman–Crippen LogP) is 3.28. The monoisotopic (exact) mass is 189 g/mol. The second kappa shape index (κ2) is 4.61. The summed E-state index contributed by atoms with van der Waals surface area (Å²) in [5, 5.41) is 3.72. The summed E-state index contributed by atoms with van der Waals surface area (Å²) in [6, 6.07) is 12.1. The van der Waals surface area contributed by atoms with Crippen molar-refractivity contribution in [1.82, 2.24) is 5.32 Å². The lowest BCUT2D eigenvalue weighted by Gasteiger charge is -2.30. The Kier molecular flexibility index (Phi) is 3.20. The Bertz CT molecular complexity index is 268. The van der Waals surface area contributed by atoms with Gasteiger partial charge in [-0.1, -0.05) is 43.7 Å². The van der Waals surface area contributed by atoms with Crippen molar-refractivity contribution in [3.05, 3.63) is 35.9 Å². The molecule has 1 aromatic rings. The molecular formula is C13H19N. The van der Waals surface area contributed by atoms with Crippen LogP contribution < -0.4 is 5.32 Å². The van der Waals surface area contributed by atoms with Crippen LogP contribution in [0.5, 0.6) is 0 Å². The standard InChI is InChI=1S/C13H19N/c1-2-12-9-6-10-13(14-12)11-7-4-3-5-8-11/h3-5,7-8,12-14H,2,6,9-10H2,1H3/t12-,13+/m0/s1. The summed E-state index contributed by atoms with van der Waals surface area (Å²) in [5.41, 5.74) is 1.45. The van der Waals surface area contributed by atoms with E-state index in [2.05, 4.69) is 42.6 Å². The van der Waals surface area contributed by atoms with Crippen molar-refractivity contribution >= 4 is 0 Å². The van der Waals surface area contributed by atoms with Gasteiger partial charge in [0, 0.05) is 12.1 Å². The molecule has 2 atom stereocenters. The van der Waals surface area contributed by atoms with Crippen molar-refractivity contribution < 1.29 is 0 Å². The van der Waals surface area contributed by atoms with Crippen LogP contribution in [0.15, 0.2) is 30.3 Å². The second-order valence-corrected chi connectivity index (χ2v) is 4.17. The van der Waals surface area contributed by atoms with Crippen molar-refractivity contribution in [3.63, 3.8) is 0 Å². The molecular weight excluding hydrogens is 170 g/mol. The smallest absolute Gasteiger partial charge is 0.0322 e. The van der Waals surface area contributed by atoms with Crippen LogP contribution in [-0.2, 0) is 0 Å². The van der Waals surface area contributed by atoms with E-state index in [0.717, 1.165) is 6.04 Å². The summed E-state index contributed by atoms with van der Waals surface area (Å²) in [6.07, 6.45) is 5.26. The first-order valence-corrected chi connectivity index (χ1v) is 5.71. The molecule has 1 heteroatoms. The number of nitrogens with one attached hydrogen (secondary N) is 1. The van der Waals surface area contributed by atoms with E-state index in [9.17, 15) is 0 Å². The summed E-state index contributed by atoms with van der Waals surface area (Å²) in [6.45, 7) is 2.27. The first-order valence-electron chi connectivity index (χ1n) is 5.71. The molecule has 1 aliphatic heterocycles. The van der Waals surface area contributed by atoms with Gasteiger partial charge in [0.1, 0.15) is 0 Å². The highest BCUT2D eigenvalue weighted by atomic mass is 15.0. The van der Waals surface area contributed by atoms with Crippen LogP contribution in [0.2, 0.25) is 0 Å². The van der Waals surface area contributed by atoms with E-state index in [4.69, 9.17) is 0 Å². The third kappa shape index (κ3) is 2.16. The lowest BCUT2D eigenvalue weighted by molar-refractivity contribution is 0.319. The Morgan fingerprint density at radius 1 is 1.21 bits per heavy atom. The van der Waals surface area contributed by atoms with Crippen molar-refractivity contribution in [1.29, 1.82) is 0 Å². The van der Waals surface area contributed by atoms with E-state index in [1.165, 1.54) is 31.2 Å². The molecule has 1 aliphatic rings. The van der Waals surface area contributed by atoms with Crippen LogP contribution in [-0.4, -0.2) is 6.04 Å². The molecule has 1 N–H and O–H groups in total. The van der Waals surface area contributed by atoms with Gasteiger partial charge in [0.05, 0.1) is 0 Å². The van der Waals surface area contributed by atoms with Crippen LogP contribution in [0.4, 0.5) is 0 Å². The lowest BCUT2D eigenvalue weighted by atomic mass is 9.92. The van der Waals surface area contributed by atoms with Gasteiger partial charge < -0.3 is 5.32 Å². The zero-order valence-corrected chi connectivity index (χ0v) is 8.87. The Hall–Kier alpha value is -0.820. The largest absolute Gasteiger partial charge is 0.307 e. The zero-order chi connectivity index (χ0) is 9.80. The number of benzene rings is 1. The molecule has 0 amide bonds. The Labute approximate surface area is 86.5 Å². The third-order valence-corrected chi connectivity index (χ3v) is 3.18. The lowest BCUT2D eigenvalue weighted by Crippen LogP contribution is -2.36. The molecule has 1 aromatic carbocycles. The molecule has 1 saturated heterocycles. The minimum absolute atomic E-state index is 0.592. The Balaban J connectivity index is 2.04. The van der Waals surface area contributed by atoms with Crippen LogP contribution in [0.1, 0.15) is 44.2 Å². The molecule has 0 spiro atoms. The minimum atomic E-state index is 0.592. The molecule has 0 radical (unpaired) electrons. The summed E-state index contributed by atoms with van der Waals surface area (Å²) in [4.78, 5) is 0. The highest BCUT2D eigenvalue weighted by Crippen LogP contribution is 2.26. The summed E-state index contributed by atoms with van der Waals surface area (Å²) in [5.74, 6) is 0. The molecule has 0 bridgehead atoms. The second-order valence-electron chi connectivity index (χ2n) is 4.17. The minimum Gasteiger partial charge on any atom is -0.307 e. The first-order chi connectivity index (χ1) is 6.90. The quantitative estimate of drug-likeness (QED) is 0.753. The molecule has 1 nitrogen and oxygen atoms in total. The van der Waals surface area contributed by atoms with Gasteiger partial charge in [-0.2, -0.15) is 0 Å². The maximum Gasteiger partial charge on any atom is 0.0322 e. The van der Waals surface area contributed by atoms with Crippen molar-refractivity contribution in [2.75, 3.05) is 0 Å². The van der Waals surface area contributed by atoms with Gasteiger partial charge in [0.2, 0.25) is 0 Å². The molecule has 1 heterocycles. The molecule has 76 valence electrons. The molecule has 1 fully saturated rings. The van der Waals surface area contributed by atoms with Gasteiger partial charge in [0.15, 0.2) is 0 Å². The molecule has 14 heavy (non-hydrogen) atoms. The van der Waals surface area contributed by atoms with Gasteiger partial charge in [0.25, 0.3) is 0 Å². The molecule has 0 unspecified atom stereocenters. The van der Waals surface area contributed by atoms with Gasteiger partial charge in [-0.25, -0.2) is 0 Å². The number of piperidine rings is 1. The Morgan fingerprint density at radius 3 is 2.71 bits per heavy atom. The summed E-state index contributed by atoms with van der Waals surface area (Å²) >= 11 is 0. The number of hydrogen-bond acceptors (Lipinski definition) is 1. The normalized spacial score (nSPS) is 27.5. The van der Waals surface area contributed by atoms with E-state index < -0.39 is 0 Å². The van der Waals surface area contributed by atoms with Crippen LogP contribution >= 0.6 is 0 Å². The highest BCUT2D eigenvalue weighted by molar-refractivity contribution is 5.19. The average molecular weight is 189 g/mol. The maximum absolute atomic E-state index is 3.72. The molecule has 0 aliphatic carbocycles. The number of rotatable bonds is 2. The first kappa shape index (κ1) is 9.72. The fourth-order valence-electron chi connectivity index (χ4n) is 2.29. The summed E-state index contributed by atoms with van der Waals surface area (Å²) < 4.78 is 0. The average Bonchev–Trinajstić information content (AvgIpc) is 2.30. The SMILES string of the molecule is CC[C@H]1CCC[C@H](c2ccccc2)N1. The highest BCUT2D eigenvalue weighted by Gasteiger charge is 2.20. The van der Waals surface area contributed by atoms with Gasteiger partial charge in [-0.3, -0.25) is 0 Å². The van der Waals surface area contributed by atoms with Gasteiger partial charge in [-0.15, -0.1) is 0 Å². The predicted molar refractivity (Wildman–Crippen MR) is 60.2 cm³/mol. The Morgan fingerprint density at radius 2 is 2.00 bits per heavy atom. The van der Waals surface area contributed by atoms with E-state index in [1.54, 1.807) is 0 Å². The third-order valence-electron chi connectivity index (χ3n) is 3.18. The van der Waals surface area contributed by atoms with E-state index >= 15 is 0 Å². The maximum atomic E-state index is 3.72.